The maximum Gasteiger partial charge on any atom is 0.151 e. The molecule has 0 aliphatic carbocycles. The molecule has 1 aliphatic rings. The van der Waals surface area contributed by atoms with Crippen molar-refractivity contribution in [1.29, 1.82) is 0 Å². The minimum Gasteiger partial charge on any atom is -0.355 e. The SMILES string of the molecule is c1ccn2nc(N3CCCC3)cc2c1. The Morgan fingerprint density at radius 1 is 1.14 bits per heavy atom. The molecule has 0 bridgehead atoms. The molecular weight excluding hydrogens is 174 g/mol. The Morgan fingerprint density at radius 2 is 2.00 bits per heavy atom. The van der Waals surface area contributed by atoms with E-state index in [2.05, 4.69) is 22.1 Å². The van der Waals surface area contributed by atoms with Gasteiger partial charge in [-0.1, -0.05) is 6.07 Å². The third kappa shape index (κ3) is 1.16. The number of hydrogen-bond donors (Lipinski definition) is 0. The summed E-state index contributed by atoms with van der Waals surface area (Å²) in [7, 11) is 0. The van der Waals surface area contributed by atoms with Gasteiger partial charge in [0.15, 0.2) is 5.82 Å². The first-order valence-electron chi connectivity index (χ1n) is 5.13. The van der Waals surface area contributed by atoms with E-state index in [0.29, 0.717) is 0 Å². The van der Waals surface area contributed by atoms with Gasteiger partial charge in [0.25, 0.3) is 0 Å². The number of pyridine rings is 1. The van der Waals surface area contributed by atoms with Gasteiger partial charge in [0.1, 0.15) is 0 Å². The van der Waals surface area contributed by atoms with E-state index in [1.807, 2.05) is 22.8 Å². The lowest BCUT2D eigenvalue weighted by atomic mass is 10.4. The van der Waals surface area contributed by atoms with Gasteiger partial charge in [-0.25, -0.2) is 4.52 Å². The lowest BCUT2D eigenvalue weighted by molar-refractivity contribution is 0.884. The Kier molecular flexibility index (Phi) is 1.69. The first kappa shape index (κ1) is 7.85. The van der Waals surface area contributed by atoms with E-state index < -0.39 is 0 Å². The molecule has 3 nitrogen and oxygen atoms in total. The molecule has 0 spiro atoms. The van der Waals surface area contributed by atoms with Crippen molar-refractivity contribution in [3.63, 3.8) is 0 Å². The van der Waals surface area contributed by atoms with E-state index >= 15 is 0 Å². The van der Waals surface area contributed by atoms with Crippen molar-refractivity contribution in [2.24, 2.45) is 0 Å². The van der Waals surface area contributed by atoms with Gasteiger partial charge < -0.3 is 4.90 Å². The van der Waals surface area contributed by atoms with Gasteiger partial charge in [-0.3, -0.25) is 0 Å². The quantitative estimate of drug-likeness (QED) is 0.680. The third-order valence-electron chi connectivity index (χ3n) is 2.79. The molecule has 0 saturated carbocycles. The summed E-state index contributed by atoms with van der Waals surface area (Å²) in [6.45, 7) is 2.31. The van der Waals surface area contributed by atoms with Crippen LogP contribution in [-0.4, -0.2) is 22.7 Å². The molecule has 1 saturated heterocycles. The molecule has 0 atom stereocenters. The predicted molar refractivity (Wildman–Crippen MR) is 56.6 cm³/mol. The van der Waals surface area contributed by atoms with Gasteiger partial charge >= 0.3 is 0 Å². The highest BCUT2D eigenvalue weighted by molar-refractivity contribution is 5.56. The zero-order valence-electron chi connectivity index (χ0n) is 8.06. The molecule has 2 aromatic heterocycles. The fraction of sp³-hybridized carbons (Fsp3) is 0.364. The van der Waals surface area contributed by atoms with E-state index in [1.165, 1.54) is 18.4 Å². The molecule has 1 fully saturated rings. The average molecular weight is 187 g/mol. The number of anilines is 1. The van der Waals surface area contributed by atoms with Crippen molar-refractivity contribution in [3.05, 3.63) is 30.5 Å². The predicted octanol–water partition coefficient (Wildman–Crippen LogP) is 1.93. The first-order chi connectivity index (χ1) is 6.93. The fourth-order valence-corrected chi connectivity index (χ4v) is 2.03. The smallest absolute Gasteiger partial charge is 0.151 e. The summed E-state index contributed by atoms with van der Waals surface area (Å²) in [6, 6.07) is 8.30. The second kappa shape index (κ2) is 3.01. The highest BCUT2D eigenvalue weighted by Gasteiger charge is 2.14. The minimum absolute atomic E-state index is 1.12. The molecule has 3 heteroatoms. The zero-order chi connectivity index (χ0) is 9.38. The van der Waals surface area contributed by atoms with Crippen LogP contribution in [0.2, 0.25) is 0 Å². The third-order valence-corrected chi connectivity index (χ3v) is 2.79. The highest BCUT2D eigenvalue weighted by atomic mass is 15.3. The summed E-state index contributed by atoms with van der Waals surface area (Å²) in [5, 5.41) is 4.54. The standard InChI is InChI=1S/C11H13N3/c1-2-8-14-10(5-1)9-11(12-14)13-6-3-4-7-13/h1-2,5,8-9H,3-4,6-7H2. The van der Waals surface area contributed by atoms with Crippen molar-refractivity contribution < 1.29 is 0 Å². The van der Waals surface area contributed by atoms with Crippen LogP contribution in [0.5, 0.6) is 0 Å². The Bertz CT molecular complexity index is 407. The minimum atomic E-state index is 1.12. The zero-order valence-corrected chi connectivity index (χ0v) is 8.06. The number of nitrogens with zero attached hydrogens (tertiary/aromatic N) is 3. The Labute approximate surface area is 83.0 Å². The Balaban J connectivity index is 2.05. The van der Waals surface area contributed by atoms with Crippen LogP contribution in [0.15, 0.2) is 30.5 Å². The first-order valence-corrected chi connectivity index (χ1v) is 5.13. The molecule has 0 N–H and O–H groups in total. The molecule has 3 heterocycles. The highest BCUT2D eigenvalue weighted by Crippen LogP contribution is 2.19. The van der Waals surface area contributed by atoms with Gasteiger partial charge in [-0.05, 0) is 25.0 Å². The molecule has 14 heavy (non-hydrogen) atoms. The van der Waals surface area contributed by atoms with E-state index in [4.69, 9.17) is 0 Å². The maximum atomic E-state index is 4.54. The van der Waals surface area contributed by atoms with Crippen LogP contribution in [0.3, 0.4) is 0 Å². The van der Waals surface area contributed by atoms with E-state index in [-0.39, 0.29) is 0 Å². The second-order valence-corrected chi connectivity index (χ2v) is 3.77. The summed E-state index contributed by atoms with van der Waals surface area (Å²) >= 11 is 0. The number of hydrogen-bond acceptors (Lipinski definition) is 2. The maximum absolute atomic E-state index is 4.54. The van der Waals surface area contributed by atoms with Crippen molar-refractivity contribution in [1.82, 2.24) is 9.61 Å². The van der Waals surface area contributed by atoms with Gasteiger partial charge in [0.2, 0.25) is 0 Å². The van der Waals surface area contributed by atoms with E-state index in [1.54, 1.807) is 0 Å². The van der Waals surface area contributed by atoms with Crippen LogP contribution in [0, 0.1) is 0 Å². The van der Waals surface area contributed by atoms with E-state index in [0.717, 1.165) is 18.9 Å². The molecule has 72 valence electrons. The number of fused-ring (bicyclic) bond motifs is 1. The average Bonchev–Trinajstić information content (AvgIpc) is 2.86. The summed E-state index contributed by atoms with van der Waals surface area (Å²) in [5.74, 6) is 1.12. The molecule has 0 unspecified atom stereocenters. The van der Waals surface area contributed by atoms with Crippen LogP contribution in [0.4, 0.5) is 5.82 Å². The number of aromatic nitrogens is 2. The molecular formula is C11H13N3. The molecule has 1 aliphatic heterocycles. The van der Waals surface area contributed by atoms with Gasteiger partial charge in [-0.2, -0.15) is 5.10 Å². The summed E-state index contributed by atoms with van der Waals surface area (Å²) in [6.07, 6.45) is 4.59. The largest absolute Gasteiger partial charge is 0.355 e. The molecule has 0 aromatic carbocycles. The normalized spacial score (nSPS) is 16.7. The molecule has 2 aromatic rings. The lowest BCUT2D eigenvalue weighted by Gasteiger charge is -2.12. The van der Waals surface area contributed by atoms with Crippen molar-refractivity contribution >= 4 is 11.3 Å². The second-order valence-electron chi connectivity index (χ2n) is 3.77. The lowest BCUT2D eigenvalue weighted by Crippen LogP contribution is -2.17. The summed E-state index contributed by atoms with van der Waals surface area (Å²) < 4.78 is 1.94. The summed E-state index contributed by atoms with van der Waals surface area (Å²) in [5.41, 5.74) is 1.18. The Morgan fingerprint density at radius 3 is 2.79 bits per heavy atom. The van der Waals surface area contributed by atoms with Crippen LogP contribution in [-0.2, 0) is 0 Å². The summed E-state index contributed by atoms with van der Waals surface area (Å²) in [4.78, 5) is 2.35. The van der Waals surface area contributed by atoms with Gasteiger partial charge in [0.05, 0.1) is 5.52 Å². The van der Waals surface area contributed by atoms with Gasteiger partial charge in [0, 0.05) is 25.4 Å². The Hall–Kier alpha value is -1.51. The van der Waals surface area contributed by atoms with Crippen LogP contribution in [0.1, 0.15) is 12.8 Å². The topological polar surface area (TPSA) is 20.5 Å². The fourth-order valence-electron chi connectivity index (χ4n) is 2.03. The van der Waals surface area contributed by atoms with Gasteiger partial charge in [-0.15, -0.1) is 0 Å². The molecule has 3 rings (SSSR count). The van der Waals surface area contributed by atoms with E-state index in [9.17, 15) is 0 Å². The van der Waals surface area contributed by atoms with Crippen molar-refractivity contribution in [2.45, 2.75) is 12.8 Å². The number of rotatable bonds is 1. The monoisotopic (exact) mass is 187 g/mol. The molecule has 0 amide bonds. The van der Waals surface area contributed by atoms with Crippen molar-refractivity contribution in [3.8, 4) is 0 Å². The van der Waals surface area contributed by atoms with Crippen LogP contribution in [0.25, 0.3) is 5.52 Å². The van der Waals surface area contributed by atoms with Crippen molar-refractivity contribution in [2.75, 3.05) is 18.0 Å². The van der Waals surface area contributed by atoms with Crippen LogP contribution < -0.4 is 4.90 Å². The molecule has 0 radical (unpaired) electrons. The van der Waals surface area contributed by atoms with Crippen LogP contribution >= 0.6 is 0 Å².